The Morgan fingerprint density at radius 2 is 1.71 bits per heavy atom. The first kappa shape index (κ1) is 20.6. The first-order valence-corrected chi connectivity index (χ1v) is 9.62. The number of carbonyl (C=O) groups is 1. The van der Waals surface area contributed by atoms with E-state index in [1.807, 2.05) is 24.3 Å². The van der Waals surface area contributed by atoms with Crippen LogP contribution in [0.3, 0.4) is 0 Å². The second kappa shape index (κ2) is 8.22. The van der Waals surface area contributed by atoms with Crippen molar-refractivity contribution in [2.45, 2.75) is 19.5 Å². The second-order valence-electron chi connectivity index (χ2n) is 7.26. The summed E-state index contributed by atoms with van der Waals surface area (Å²) >= 11 is 0. The predicted molar refractivity (Wildman–Crippen MR) is 112 cm³/mol. The molecule has 0 aliphatic rings. The fourth-order valence-electron chi connectivity index (χ4n) is 3.36. The van der Waals surface area contributed by atoms with Gasteiger partial charge in [-0.1, -0.05) is 24.3 Å². The van der Waals surface area contributed by atoms with Gasteiger partial charge in [-0.25, -0.2) is 0 Å². The zero-order chi connectivity index (χ0) is 22.0. The van der Waals surface area contributed by atoms with E-state index in [0.717, 1.165) is 23.0 Å². The first-order chi connectivity index (χ1) is 14.8. The molecule has 0 radical (unpaired) electrons. The number of carbonyl (C=O) groups excluding carboxylic acids is 1. The van der Waals surface area contributed by atoms with E-state index in [4.69, 9.17) is 4.74 Å². The van der Waals surface area contributed by atoms with Crippen LogP contribution < -0.4 is 4.74 Å². The van der Waals surface area contributed by atoms with Crippen molar-refractivity contribution in [1.29, 1.82) is 0 Å². The van der Waals surface area contributed by atoms with Crippen molar-refractivity contribution in [2.24, 2.45) is 0 Å². The summed E-state index contributed by atoms with van der Waals surface area (Å²) in [5.41, 5.74) is 1.14. The summed E-state index contributed by atoms with van der Waals surface area (Å²) in [6, 6.07) is 19.7. The molecule has 0 spiro atoms. The van der Waals surface area contributed by atoms with Gasteiger partial charge < -0.3 is 4.74 Å². The van der Waals surface area contributed by atoms with Crippen molar-refractivity contribution in [3.63, 3.8) is 0 Å². The number of aromatic nitrogens is 1. The zero-order valence-electron chi connectivity index (χ0n) is 16.6. The lowest BCUT2D eigenvalue weighted by Gasteiger charge is -2.11. The van der Waals surface area contributed by atoms with Crippen LogP contribution in [0.5, 0.6) is 11.5 Å². The van der Waals surface area contributed by atoms with Gasteiger partial charge in [0.05, 0.1) is 11.1 Å². The fourth-order valence-corrected chi connectivity index (χ4v) is 3.36. The largest absolute Gasteiger partial charge is 0.457 e. The van der Waals surface area contributed by atoms with Gasteiger partial charge in [-0.2, -0.15) is 13.2 Å². The van der Waals surface area contributed by atoms with Crippen LogP contribution in [0.2, 0.25) is 0 Å². The quantitative estimate of drug-likeness (QED) is 0.334. The molecule has 0 amide bonds. The molecular weight excluding hydrogens is 403 g/mol. The summed E-state index contributed by atoms with van der Waals surface area (Å²) in [4.78, 5) is 16.9. The van der Waals surface area contributed by atoms with Crippen LogP contribution in [-0.4, -0.2) is 10.8 Å². The first-order valence-electron chi connectivity index (χ1n) is 9.62. The number of pyridine rings is 1. The number of ketones is 1. The Morgan fingerprint density at radius 1 is 0.968 bits per heavy atom. The molecule has 6 heteroatoms. The van der Waals surface area contributed by atoms with Gasteiger partial charge in [-0.15, -0.1) is 0 Å². The maximum absolute atomic E-state index is 13.0. The van der Waals surface area contributed by atoms with E-state index in [9.17, 15) is 18.0 Å². The number of rotatable bonds is 5. The minimum atomic E-state index is -4.49. The van der Waals surface area contributed by atoms with Crippen molar-refractivity contribution in [3.8, 4) is 11.5 Å². The van der Waals surface area contributed by atoms with E-state index in [1.54, 1.807) is 43.5 Å². The van der Waals surface area contributed by atoms with Crippen molar-refractivity contribution < 1.29 is 22.7 Å². The van der Waals surface area contributed by atoms with Gasteiger partial charge in [0.15, 0.2) is 5.78 Å². The van der Waals surface area contributed by atoms with Crippen LogP contribution in [0.25, 0.3) is 10.9 Å². The molecule has 3 nitrogen and oxygen atoms in total. The Hall–Kier alpha value is -3.67. The summed E-state index contributed by atoms with van der Waals surface area (Å²) in [6.07, 6.45) is -2.82. The van der Waals surface area contributed by atoms with E-state index >= 15 is 0 Å². The van der Waals surface area contributed by atoms with Crippen LogP contribution in [0.4, 0.5) is 13.2 Å². The Labute approximate surface area is 177 Å². The summed E-state index contributed by atoms with van der Waals surface area (Å²) < 4.78 is 45.0. The van der Waals surface area contributed by atoms with Crippen molar-refractivity contribution in [2.75, 3.05) is 0 Å². The number of hydrogen-bond acceptors (Lipinski definition) is 3. The van der Waals surface area contributed by atoms with Gasteiger partial charge in [-0.3, -0.25) is 9.78 Å². The molecule has 1 aromatic heterocycles. The van der Waals surface area contributed by atoms with E-state index in [0.29, 0.717) is 22.6 Å². The van der Waals surface area contributed by atoms with Crippen LogP contribution in [0, 0.1) is 6.92 Å². The Kier molecular flexibility index (Phi) is 5.46. The SMILES string of the molecule is Cc1cc(C(=O)Cc2ccc(Oc3ccnc4ccccc34)cc2)cc(C(F)(F)F)c1. The number of alkyl halides is 3. The molecule has 0 unspecified atom stereocenters. The maximum Gasteiger partial charge on any atom is 0.416 e. The third kappa shape index (κ3) is 4.74. The van der Waals surface area contributed by atoms with Crippen LogP contribution in [-0.2, 0) is 12.6 Å². The smallest absolute Gasteiger partial charge is 0.416 e. The molecule has 0 N–H and O–H groups in total. The molecule has 1 heterocycles. The van der Waals surface area contributed by atoms with Crippen LogP contribution in [0.1, 0.15) is 27.0 Å². The molecule has 31 heavy (non-hydrogen) atoms. The van der Waals surface area contributed by atoms with Gasteiger partial charge in [-0.05, 0) is 66.6 Å². The second-order valence-corrected chi connectivity index (χ2v) is 7.26. The molecule has 0 atom stereocenters. The number of nitrogens with zero attached hydrogens (tertiary/aromatic N) is 1. The highest BCUT2D eigenvalue weighted by Crippen LogP contribution is 2.31. The van der Waals surface area contributed by atoms with Gasteiger partial charge in [0.2, 0.25) is 0 Å². The minimum absolute atomic E-state index is 0.000776. The van der Waals surface area contributed by atoms with E-state index in [-0.39, 0.29) is 17.8 Å². The van der Waals surface area contributed by atoms with Crippen LogP contribution >= 0.6 is 0 Å². The summed E-state index contributed by atoms with van der Waals surface area (Å²) in [5, 5.41) is 0.879. The van der Waals surface area contributed by atoms with Gasteiger partial charge in [0, 0.05) is 23.6 Å². The molecule has 0 saturated carbocycles. The number of ether oxygens (including phenoxy) is 1. The molecule has 0 saturated heterocycles. The number of fused-ring (bicyclic) bond motifs is 1. The average Bonchev–Trinajstić information content (AvgIpc) is 2.74. The molecule has 156 valence electrons. The van der Waals surface area contributed by atoms with Gasteiger partial charge >= 0.3 is 6.18 Å². The number of para-hydroxylation sites is 1. The Balaban J connectivity index is 1.50. The maximum atomic E-state index is 13.0. The third-order valence-electron chi connectivity index (χ3n) is 4.85. The van der Waals surface area contributed by atoms with Crippen LogP contribution in [0.15, 0.2) is 79.0 Å². The lowest BCUT2D eigenvalue weighted by Crippen LogP contribution is -2.10. The lowest BCUT2D eigenvalue weighted by molar-refractivity contribution is -0.137. The van der Waals surface area contributed by atoms with Crippen molar-refractivity contribution >= 4 is 16.7 Å². The number of hydrogen-bond donors (Lipinski definition) is 0. The molecular formula is C25H18F3NO2. The zero-order valence-corrected chi connectivity index (χ0v) is 16.6. The third-order valence-corrected chi connectivity index (χ3v) is 4.85. The summed E-state index contributed by atoms with van der Waals surface area (Å²) in [5.74, 6) is 0.874. The van der Waals surface area contributed by atoms with E-state index in [1.165, 1.54) is 6.07 Å². The molecule has 0 aliphatic carbocycles. The minimum Gasteiger partial charge on any atom is -0.457 e. The summed E-state index contributed by atoms with van der Waals surface area (Å²) in [7, 11) is 0. The highest BCUT2D eigenvalue weighted by atomic mass is 19.4. The molecule has 0 bridgehead atoms. The fraction of sp³-hybridized carbons (Fsp3) is 0.120. The molecule has 3 aromatic carbocycles. The van der Waals surface area contributed by atoms with Gasteiger partial charge in [0.1, 0.15) is 11.5 Å². The monoisotopic (exact) mass is 421 g/mol. The lowest BCUT2D eigenvalue weighted by atomic mass is 9.99. The van der Waals surface area contributed by atoms with E-state index in [2.05, 4.69) is 4.98 Å². The number of benzene rings is 3. The standard InChI is InChI=1S/C25H18F3NO2/c1-16-12-18(15-19(13-16)25(26,27)28)23(30)14-17-6-8-20(9-7-17)31-24-10-11-29-22-5-3-2-4-21(22)24/h2-13,15H,14H2,1H3. The highest BCUT2D eigenvalue weighted by molar-refractivity contribution is 5.98. The highest BCUT2D eigenvalue weighted by Gasteiger charge is 2.31. The summed E-state index contributed by atoms with van der Waals surface area (Å²) in [6.45, 7) is 1.54. The van der Waals surface area contributed by atoms with Crippen molar-refractivity contribution in [3.05, 3.63) is 101 Å². The number of Topliss-reactive ketones (excluding diaryl/α,β-unsaturated/α-hetero) is 1. The number of halogens is 3. The van der Waals surface area contributed by atoms with E-state index < -0.39 is 11.7 Å². The van der Waals surface area contributed by atoms with Gasteiger partial charge in [0.25, 0.3) is 0 Å². The number of aryl methyl sites for hydroxylation is 1. The molecule has 0 fully saturated rings. The Bertz CT molecular complexity index is 1240. The average molecular weight is 421 g/mol. The predicted octanol–water partition coefficient (Wildman–Crippen LogP) is 6.78. The molecule has 4 aromatic rings. The van der Waals surface area contributed by atoms with Crippen molar-refractivity contribution in [1.82, 2.24) is 4.98 Å². The normalized spacial score (nSPS) is 11.5. The molecule has 4 rings (SSSR count). The molecule has 0 aliphatic heterocycles. The topological polar surface area (TPSA) is 39.2 Å². The Morgan fingerprint density at radius 3 is 2.45 bits per heavy atom.